The Hall–Kier alpha value is -1.18. The van der Waals surface area contributed by atoms with Crippen molar-refractivity contribution in [3.05, 3.63) is 23.8 Å². The highest BCUT2D eigenvalue weighted by Gasteiger charge is 2.35. The third kappa shape index (κ3) is 4.71. The van der Waals surface area contributed by atoms with Gasteiger partial charge in [0, 0.05) is 25.2 Å². The third-order valence-electron chi connectivity index (χ3n) is 5.31. The van der Waals surface area contributed by atoms with Crippen molar-refractivity contribution in [3.8, 4) is 11.5 Å². The van der Waals surface area contributed by atoms with E-state index in [0.717, 1.165) is 43.0 Å². The maximum Gasteiger partial charge on any atom is 0.194 e. The molecule has 140 valence electrons. The van der Waals surface area contributed by atoms with Crippen LogP contribution < -0.4 is 10.1 Å². The molecule has 0 radical (unpaired) electrons. The molecule has 1 saturated carbocycles. The van der Waals surface area contributed by atoms with Gasteiger partial charge in [-0.25, -0.2) is 4.99 Å². The number of nitrogens with one attached hydrogen (secondary N) is 1. The Morgan fingerprint density at radius 3 is 2.56 bits per heavy atom. The van der Waals surface area contributed by atoms with Gasteiger partial charge in [0.25, 0.3) is 0 Å². The molecule has 2 atom stereocenters. The summed E-state index contributed by atoms with van der Waals surface area (Å²) < 4.78 is 5.18. The molecular weight excluding hydrogens is 429 g/mol. The number of hydrogen-bond acceptors (Lipinski definition) is 3. The standard InChI is InChI=1S/C19H29N3O2.HI/c1-3-20-19(22-12-15-7-4-5-8-16(15)13-22)21-11-14-9-6-10-17(24-2)18(14)23;/h6,9-10,15-16,23H,3-5,7-8,11-13H2,1-2H3,(H,20,21);1H. The van der Waals surface area contributed by atoms with Crippen molar-refractivity contribution in [2.24, 2.45) is 16.8 Å². The number of fused-ring (bicyclic) bond motifs is 1. The van der Waals surface area contributed by atoms with Gasteiger partial charge in [-0.3, -0.25) is 0 Å². The Kier molecular flexibility index (Phi) is 7.65. The number of ether oxygens (including phenoxy) is 1. The van der Waals surface area contributed by atoms with Crippen LogP contribution in [0.3, 0.4) is 0 Å². The highest BCUT2D eigenvalue weighted by atomic mass is 127. The van der Waals surface area contributed by atoms with E-state index in [4.69, 9.17) is 9.73 Å². The van der Waals surface area contributed by atoms with Crippen LogP contribution in [-0.4, -0.2) is 42.7 Å². The number of rotatable bonds is 4. The van der Waals surface area contributed by atoms with Crippen molar-refractivity contribution in [1.29, 1.82) is 0 Å². The number of nitrogens with zero attached hydrogens (tertiary/aromatic N) is 2. The third-order valence-corrected chi connectivity index (χ3v) is 5.31. The molecule has 0 spiro atoms. The second-order valence-corrected chi connectivity index (χ2v) is 6.85. The van der Waals surface area contributed by atoms with Crippen molar-refractivity contribution in [3.63, 3.8) is 0 Å². The molecule has 1 heterocycles. The summed E-state index contributed by atoms with van der Waals surface area (Å²) in [6, 6.07) is 5.55. The number of methoxy groups -OCH3 is 1. The molecule has 25 heavy (non-hydrogen) atoms. The second kappa shape index (κ2) is 9.50. The highest BCUT2D eigenvalue weighted by Crippen LogP contribution is 2.36. The molecule has 2 aliphatic rings. The summed E-state index contributed by atoms with van der Waals surface area (Å²) in [7, 11) is 1.57. The minimum absolute atomic E-state index is 0. The average molecular weight is 459 g/mol. The highest BCUT2D eigenvalue weighted by molar-refractivity contribution is 14.0. The normalized spacial score (nSPS) is 23.0. The van der Waals surface area contributed by atoms with E-state index < -0.39 is 0 Å². The zero-order chi connectivity index (χ0) is 16.9. The largest absolute Gasteiger partial charge is 0.504 e. The Balaban J connectivity index is 0.00000225. The molecule has 0 amide bonds. The van der Waals surface area contributed by atoms with E-state index in [1.165, 1.54) is 25.7 Å². The van der Waals surface area contributed by atoms with Crippen molar-refractivity contribution in [2.45, 2.75) is 39.2 Å². The lowest BCUT2D eigenvalue weighted by molar-refractivity contribution is 0.299. The fraction of sp³-hybridized carbons (Fsp3) is 0.632. The van der Waals surface area contributed by atoms with Crippen LogP contribution in [0.25, 0.3) is 0 Å². The summed E-state index contributed by atoms with van der Waals surface area (Å²) in [5.74, 6) is 3.31. The van der Waals surface area contributed by atoms with E-state index >= 15 is 0 Å². The Labute approximate surface area is 167 Å². The number of halogens is 1. The van der Waals surface area contributed by atoms with Gasteiger partial charge < -0.3 is 20.1 Å². The van der Waals surface area contributed by atoms with E-state index in [9.17, 15) is 5.11 Å². The molecule has 3 rings (SSSR count). The molecule has 0 bridgehead atoms. The number of para-hydroxylation sites is 1. The summed E-state index contributed by atoms with van der Waals surface area (Å²) in [5, 5.41) is 13.7. The SMILES string of the molecule is CCNC(=NCc1cccc(OC)c1O)N1CC2CCCCC2C1.I. The molecule has 1 aliphatic carbocycles. The predicted octanol–water partition coefficient (Wildman–Crippen LogP) is 3.61. The van der Waals surface area contributed by atoms with Crippen molar-refractivity contribution in [1.82, 2.24) is 10.2 Å². The Morgan fingerprint density at radius 1 is 1.28 bits per heavy atom. The first-order valence-electron chi connectivity index (χ1n) is 9.11. The molecule has 1 aromatic carbocycles. The number of hydrogen-bond donors (Lipinski definition) is 2. The van der Waals surface area contributed by atoms with Crippen LogP contribution in [0.15, 0.2) is 23.2 Å². The number of aliphatic imine (C=N–C) groups is 1. The molecule has 0 aromatic heterocycles. The van der Waals surface area contributed by atoms with Crippen molar-refractivity contribution >= 4 is 29.9 Å². The Morgan fingerprint density at radius 2 is 1.96 bits per heavy atom. The van der Waals surface area contributed by atoms with E-state index in [2.05, 4.69) is 17.1 Å². The lowest BCUT2D eigenvalue weighted by atomic mass is 9.82. The smallest absolute Gasteiger partial charge is 0.194 e. The van der Waals surface area contributed by atoms with Gasteiger partial charge in [0.05, 0.1) is 13.7 Å². The summed E-state index contributed by atoms with van der Waals surface area (Å²) in [6.07, 6.45) is 5.47. The second-order valence-electron chi connectivity index (χ2n) is 6.85. The van der Waals surface area contributed by atoms with Crippen LogP contribution >= 0.6 is 24.0 Å². The van der Waals surface area contributed by atoms with E-state index in [1.807, 2.05) is 12.1 Å². The van der Waals surface area contributed by atoms with Gasteiger partial charge in [0.2, 0.25) is 0 Å². The molecule has 2 unspecified atom stereocenters. The average Bonchev–Trinajstić information content (AvgIpc) is 3.03. The fourth-order valence-electron chi connectivity index (χ4n) is 4.02. The maximum atomic E-state index is 10.2. The predicted molar refractivity (Wildman–Crippen MR) is 112 cm³/mol. The lowest BCUT2D eigenvalue weighted by Crippen LogP contribution is -2.40. The van der Waals surface area contributed by atoms with Crippen LogP contribution in [0.4, 0.5) is 0 Å². The molecule has 1 aliphatic heterocycles. The van der Waals surface area contributed by atoms with Gasteiger partial charge in [-0.15, -0.1) is 24.0 Å². The van der Waals surface area contributed by atoms with Gasteiger partial charge in [0.15, 0.2) is 17.5 Å². The first-order valence-corrected chi connectivity index (χ1v) is 9.11. The minimum atomic E-state index is 0. The van der Waals surface area contributed by atoms with Gasteiger partial charge in [0.1, 0.15) is 0 Å². The van der Waals surface area contributed by atoms with Crippen LogP contribution in [0.1, 0.15) is 38.2 Å². The number of benzene rings is 1. The topological polar surface area (TPSA) is 57.1 Å². The van der Waals surface area contributed by atoms with Crippen LogP contribution in [-0.2, 0) is 6.54 Å². The first kappa shape index (κ1) is 20.1. The van der Waals surface area contributed by atoms with Crippen LogP contribution in [0.2, 0.25) is 0 Å². The molecular formula is C19H30IN3O2. The number of likely N-dealkylation sites (tertiary alicyclic amines) is 1. The quantitative estimate of drug-likeness (QED) is 0.411. The summed E-state index contributed by atoms with van der Waals surface area (Å²) >= 11 is 0. The Bertz CT molecular complexity index is 580. The fourth-order valence-corrected chi connectivity index (χ4v) is 4.02. The molecule has 2 N–H and O–H groups in total. The monoisotopic (exact) mass is 459 g/mol. The van der Waals surface area contributed by atoms with Crippen LogP contribution in [0, 0.1) is 11.8 Å². The van der Waals surface area contributed by atoms with E-state index in [0.29, 0.717) is 12.3 Å². The zero-order valence-electron chi connectivity index (χ0n) is 15.2. The summed E-state index contributed by atoms with van der Waals surface area (Å²) in [4.78, 5) is 7.18. The first-order chi connectivity index (χ1) is 11.7. The van der Waals surface area contributed by atoms with Gasteiger partial charge in [-0.1, -0.05) is 25.0 Å². The van der Waals surface area contributed by atoms with Gasteiger partial charge in [-0.2, -0.15) is 0 Å². The maximum absolute atomic E-state index is 10.2. The van der Waals surface area contributed by atoms with Crippen LogP contribution in [0.5, 0.6) is 11.5 Å². The summed E-state index contributed by atoms with van der Waals surface area (Å²) in [5.41, 5.74) is 0.793. The van der Waals surface area contributed by atoms with Crippen molar-refractivity contribution < 1.29 is 9.84 Å². The number of phenolic OH excluding ortho intramolecular Hbond substituents is 1. The molecule has 1 saturated heterocycles. The lowest BCUT2D eigenvalue weighted by Gasteiger charge is -2.22. The van der Waals surface area contributed by atoms with E-state index in [1.54, 1.807) is 13.2 Å². The minimum Gasteiger partial charge on any atom is -0.504 e. The molecule has 6 heteroatoms. The number of phenols is 1. The zero-order valence-corrected chi connectivity index (χ0v) is 17.5. The number of aromatic hydroxyl groups is 1. The van der Waals surface area contributed by atoms with Crippen molar-refractivity contribution in [2.75, 3.05) is 26.7 Å². The van der Waals surface area contributed by atoms with E-state index in [-0.39, 0.29) is 29.7 Å². The molecule has 2 fully saturated rings. The number of guanidine groups is 1. The molecule has 1 aromatic rings. The van der Waals surface area contributed by atoms with Gasteiger partial charge >= 0.3 is 0 Å². The van der Waals surface area contributed by atoms with Gasteiger partial charge in [-0.05, 0) is 37.7 Å². The molecule has 5 nitrogen and oxygen atoms in total. The summed E-state index contributed by atoms with van der Waals surface area (Å²) in [6.45, 7) is 5.63.